The second kappa shape index (κ2) is 4.68. The van der Waals surface area contributed by atoms with E-state index < -0.39 is 0 Å². The minimum Gasteiger partial charge on any atom is -0.239 e. The molecule has 0 amide bonds. The predicted molar refractivity (Wildman–Crippen MR) is 68.9 cm³/mol. The first kappa shape index (κ1) is 11.2. The molecule has 2 aromatic rings. The smallest absolute Gasteiger partial charge is 0.0790 e. The van der Waals surface area contributed by atoms with E-state index in [-0.39, 0.29) is 0 Å². The maximum absolute atomic E-state index is 5.84. The topological polar surface area (TPSA) is 17.8 Å². The number of benzene rings is 1. The van der Waals surface area contributed by atoms with Crippen LogP contribution >= 0.6 is 43.5 Å². The summed E-state index contributed by atoms with van der Waals surface area (Å²) in [5, 5.41) is 5.60. The van der Waals surface area contributed by atoms with Gasteiger partial charge in [0.05, 0.1) is 16.9 Å². The van der Waals surface area contributed by atoms with Crippen molar-refractivity contribution in [3.05, 3.63) is 45.7 Å². The minimum atomic E-state index is 0.635. The SMILES string of the molecule is Clc1cnn(-c2cc(Br)ccc2CBr)c1. The van der Waals surface area contributed by atoms with Crippen molar-refractivity contribution in [1.29, 1.82) is 0 Å². The van der Waals surface area contributed by atoms with Gasteiger partial charge in [0.2, 0.25) is 0 Å². The molecule has 1 aromatic carbocycles. The number of aromatic nitrogens is 2. The second-order valence-electron chi connectivity index (χ2n) is 3.01. The Morgan fingerprint density at radius 2 is 2.20 bits per heavy atom. The van der Waals surface area contributed by atoms with E-state index in [4.69, 9.17) is 11.6 Å². The zero-order valence-electron chi connectivity index (χ0n) is 7.62. The molecule has 0 atom stereocenters. The maximum Gasteiger partial charge on any atom is 0.0790 e. The van der Waals surface area contributed by atoms with Crippen molar-refractivity contribution < 1.29 is 0 Å². The third kappa shape index (κ3) is 2.44. The predicted octanol–water partition coefficient (Wildman–Crippen LogP) is 4.18. The molecule has 0 radical (unpaired) electrons. The summed E-state index contributed by atoms with van der Waals surface area (Å²) in [6.45, 7) is 0. The van der Waals surface area contributed by atoms with Crippen LogP contribution in [0.2, 0.25) is 5.02 Å². The van der Waals surface area contributed by atoms with E-state index in [1.165, 1.54) is 0 Å². The lowest BCUT2D eigenvalue weighted by molar-refractivity contribution is 0.871. The number of alkyl halides is 1. The first-order chi connectivity index (χ1) is 7.20. The van der Waals surface area contributed by atoms with E-state index in [1.807, 2.05) is 18.2 Å². The summed E-state index contributed by atoms with van der Waals surface area (Å²) < 4.78 is 2.79. The Bertz CT molecular complexity index is 482. The van der Waals surface area contributed by atoms with E-state index in [9.17, 15) is 0 Å². The van der Waals surface area contributed by atoms with Gasteiger partial charge in [-0.2, -0.15) is 5.10 Å². The molecule has 0 bridgehead atoms. The van der Waals surface area contributed by atoms with E-state index in [0.29, 0.717) is 5.02 Å². The highest BCUT2D eigenvalue weighted by molar-refractivity contribution is 9.10. The van der Waals surface area contributed by atoms with Gasteiger partial charge in [0.15, 0.2) is 0 Å². The molecule has 0 fully saturated rings. The number of hydrogen-bond donors (Lipinski definition) is 0. The molecule has 2 rings (SSSR count). The highest BCUT2D eigenvalue weighted by Gasteiger charge is 2.05. The lowest BCUT2D eigenvalue weighted by atomic mass is 10.2. The highest BCUT2D eigenvalue weighted by Crippen LogP contribution is 2.23. The molecule has 0 spiro atoms. The number of hydrogen-bond acceptors (Lipinski definition) is 1. The highest BCUT2D eigenvalue weighted by atomic mass is 79.9. The minimum absolute atomic E-state index is 0.635. The molecule has 0 aliphatic heterocycles. The summed E-state index contributed by atoms with van der Waals surface area (Å²) in [5.74, 6) is 0. The summed E-state index contributed by atoms with van der Waals surface area (Å²) in [6.07, 6.45) is 3.41. The van der Waals surface area contributed by atoms with Gasteiger partial charge in [-0.25, -0.2) is 4.68 Å². The molecular weight excluding hydrogens is 343 g/mol. The van der Waals surface area contributed by atoms with Crippen LogP contribution in [0.4, 0.5) is 0 Å². The summed E-state index contributed by atoms with van der Waals surface area (Å²) in [4.78, 5) is 0. The standard InChI is InChI=1S/C10H7Br2ClN2/c11-4-7-1-2-8(12)3-10(7)15-6-9(13)5-14-15/h1-3,5-6H,4H2. The van der Waals surface area contributed by atoms with Gasteiger partial charge in [-0.15, -0.1) is 0 Å². The van der Waals surface area contributed by atoms with Gasteiger partial charge in [0.1, 0.15) is 0 Å². The zero-order valence-corrected chi connectivity index (χ0v) is 11.6. The molecule has 1 aromatic heterocycles. The Morgan fingerprint density at radius 1 is 1.40 bits per heavy atom. The van der Waals surface area contributed by atoms with Gasteiger partial charge in [-0.3, -0.25) is 0 Å². The molecule has 0 aliphatic rings. The molecule has 2 nitrogen and oxygen atoms in total. The van der Waals surface area contributed by atoms with Crippen molar-refractivity contribution in [2.45, 2.75) is 5.33 Å². The van der Waals surface area contributed by atoms with E-state index >= 15 is 0 Å². The fraction of sp³-hybridized carbons (Fsp3) is 0.100. The summed E-state index contributed by atoms with van der Waals surface area (Å²) in [7, 11) is 0. The van der Waals surface area contributed by atoms with Crippen LogP contribution in [0.3, 0.4) is 0 Å². The Kier molecular flexibility index (Phi) is 3.49. The fourth-order valence-electron chi connectivity index (χ4n) is 1.30. The van der Waals surface area contributed by atoms with Gasteiger partial charge in [-0.1, -0.05) is 49.5 Å². The average Bonchev–Trinajstić information content (AvgIpc) is 2.65. The number of halogens is 3. The van der Waals surface area contributed by atoms with Crippen LogP contribution in [0.25, 0.3) is 5.69 Å². The van der Waals surface area contributed by atoms with Crippen molar-refractivity contribution in [1.82, 2.24) is 9.78 Å². The van der Waals surface area contributed by atoms with Crippen molar-refractivity contribution in [3.8, 4) is 5.69 Å². The summed E-state index contributed by atoms with van der Waals surface area (Å²) in [6, 6.07) is 6.06. The molecule has 15 heavy (non-hydrogen) atoms. The van der Waals surface area contributed by atoms with Crippen molar-refractivity contribution in [2.75, 3.05) is 0 Å². The molecule has 1 heterocycles. The molecule has 0 unspecified atom stereocenters. The van der Waals surface area contributed by atoms with Crippen LogP contribution in [-0.4, -0.2) is 9.78 Å². The Balaban J connectivity index is 2.55. The van der Waals surface area contributed by atoms with E-state index in [1.54, 1.807) is 17.1 Å². The van der Waals surface area contributed by atoms with Crippen LogP contribution in [0, 0.1) is 0 Å². The number of nitrogens with zero attached hydrogens (tertiary/aromatic N) is 2. The lowest BCUT2D eigenvalue weighted by Gasteiger charge is -2.07. The molecule has 78 valence electrons. The first-order valence-corrected chi connectivity index (χ1v) is 6.55. The third-order valence-corrected chi connectivity index (χ3v) is 3.28. The van der Waals surface area contributed by atoms with E-state index in [0.717, 1.165) is 21.1 Å². The van der Waals surface area contributed by atoms with Gasteiger partial charge in [0, 0.05) is 16.0 Å². The van der Waals surface area contributed by atoms with E-state index in [2.05, 4.69) is 37.0 Å². The Hall–Kier alpha value is -0.320. The average molecular weight is 350 g/mol. The summed E-state index contributed by atoms with van der Waals surface area (Å²) >= 11 is 12.7. The van der Waals surface area contributed by atoms with Crippen molar-refractivity contribution in [2.24, 2.45) is 0 Å². The normalized spacial score (nSPS) is 10.6. The molecule has 0 saturated carbocycles. The van der Waals surface area contributed by atoms with Gasteiger partial charge < -0.3 is 0 Å². The Labute approximate surface area is 109 Å². The van der Waals surface area contributed by atoms with Crippen LogP contribution in [0.1, 0.15) is 5.56 Å². The van der Waals surface area contributed by atoms with Crippen LogP contribution in [0.15, 0.2) is 35.1 Å². The van der Waals surface area contributed by atoms with Gasteiger partial charge >= 0.3 is 0 Å². The Morgan fingerprint density at radius 3 is 2.80 bits per heavy atom. The van der Waals surface area contributed by atoms with Crippen LogP contribution in [-0.2, 0) is 5.33 Å². The first-order valence-electron chi connectivity index (χ1n) is 4.25. The van der Waals surface area contributed by atoms with Gasteiger partial charge in [-0.05, 0) is 17.7 Å². The fourth-order valence-corrected chi connectivity index (χ4v) is 2.26. The quantitative estimate of drug-likeness (QED) is 0.743. The maximum atomic E-state index is 5.84. The largest absolute Gasteiger partial charge is 0.239 e. The van der Waals surface area contributed by atoms with Gasteiger partial charge in [0.25, 0.3) is 0 Å². The molecule has 0 saturated heterocycles. The molecule has 0 aliphatic carbocycles. The molecule has 0 N–H and O–H groups in total. The monoisotopic (exact) mass is 348 g/mol. The van der Waals surface area contributed by atoms with Crippen molar-refractivity contribution >= 4 is 43.5 Å². The third-order valence-electron chi connectivity index (χ3n) is 1.99. The lowest BCUT2D eigenvalue weighted by Crippen LogP contribution is -1.98. The molecular formula is C10H7Br2ClN2. The zero-order chi connectivity index (χ0) is 10.8. The van der Waals surface area contributed by atoms with Crippen LogP contribution in [0.5, 0.6) is 0 Å². The summed E-state index contributed by atoms with van der Waals surface area (Å²) in [5.41, 5.74) is 2.19. The van der Waals surface area contributed by atoms with Crippen LogP contribution < -0.4 is 0 Å². The second-order valence-corrected chi connectivity index (χ2v) is 4.92. The molecule has 5 heteroatoms. The van der Waals surface area contributed by atoms with Crippen molar-refractivity contribution in [3.63, 3.8) is 0 Å². The number of rotatable bonds is 2.